The van der Waals surface area contributed by atoms with Crippen LogP contribution in [0.2, 0.25) is 0 Å². The van der Waals surface area contributed by atoms with E-state index in [9.17, 15) is 8.42 Å². The first-order chi connectivity index (χ1) is 8.19. The number of nitrogens with one attached hydrogen (secondary N) is 1. The van der Waals surface area contributed by atoms with Crippen LogP contribution in [0.1, 0.15) is 19.4 Å². The van der Waals surface area contributed by atoms with Crippen LogP contribution in [-0.4, -0.2) is 27.7 Å². The summed E-state index contributed by atoms with van der Waals surface area (Å²) in [7, 11) is -2.03. The Bertz CT molecular complexity index is 524. The van der Waals surface area contributed by atoms with Gasteiger partial charge < -0.3 is 10.5 Å². The number of ether oxygens (including phenoxy) is 1. The van der Waals surface area contributed by atoms with Crippen molar-refractivity contribution in [1.29, 1.82) is 0 Å². The number of sulfonamides is 1. The van der Waals surface area contributed by atoms with Crippen molar-refractivity contribution in [2.75, 3.05) is 19.4 Å². The summed E-state index contributed by atoms with van der Waals surface area (Å²) in [5.41, 5.74) is 6.17. The fraction of sp³-hybridized carbons (Fsp3) is 0.500. The van der Waals surface area contributed by atoms with Gasteiger partial charge in [-0.3, -0.25) is 0 Å². The largest absolute Gasteiger partial charge is 0.398 e. The van der Waals surface area contributed by atoms with Crippen LogP contribution in [0.5, 0.6) is 0 Å². The molecule has 1 rings (SSSR count). The summed E-state index contributed by atoms with van der Waals surface area (Å²) < 4.78 is 32.0. The number of nitrogens with two attached hydrogens (primary N) is 1. The molecule has 0 aliphatic rings. The van der Waals surface area contributed by atoms with Gasteiger partial charge in [-0.25, -0.2) is 13.1 Å². The Balaban J connectivity index is 2.98. The van der Waals surface area contributed by atoms with E-state index in [0.717, 1.165) is 0 Å². The van der Waals surface area contributed by atoms with Gasteiger partial charge in [-0.05, 0) is 38.5 Å². The fourth-order valence-electron chi connectivity index (χ4n) is 1.34. The zero-order valence-electron chi connectivity index (χ0n) is 11.1. The molecule has 0 radical (unpaired) electrons. The van der Waals surface area contributed by atoms with Crippen molar-refractivity contribution in [3.05, 3.63) is 23.8 Å². The highest BCUT2D eigenvalue weighted by molar-refractivity contribution is 7.89. The first-order valence-corrected chi connectivity index (χ1v) is 7.08. The molecule has 0 aromatic heterocycles. The third-order valence-corrected chi connectivity index (χ3v) is 4.40. The highest BCUT2D eigenvalue weighted by Crippen LogP contribution is 2.20. The van der Waals surface area contributed by atoms with Gasteiger partial charge in [0.2, 0.25) is 10.0 Å². The van der Waals surface area contributed by atoms with E-state index < -0.39 is 15.6 Å². The van der Waals surface area contributed by atoms with Crippen molar-refractivity contribution < 1.29 is 13.2 Å². The van der Waals surface area contributed by atoms with Gasteiger partial charge in [-0.1, -0.05) is 6.07 Å². The van der Waals surface area contributed by atoms with E-state index in [1.807, 2.05) is 13.8 Å². The number of nitrogen functional groups attached to an aromatic ring is 1. The Morgan fingerprint density at radius 2 is 2.00 bits per heavy atom. The van der Waals surface area contributed by atoms with Crippen molar-refractivity contribution >= 4 is 15.7 Å². The van der Waals surface area contributed by atoms with Gasteiger partial charge in [0.1, 0.15) is 0 Å². The van der Waals surface area contributed by atoms with Gasteiger partial charge in [0.05, 0.1) is 10.5 Å². The lowest BCUT2D eigenvalue weighted by Gasteiger charge is -2.23. The number of hydrogen-bond acceptors (Lipinski definition) is 4. The minimum absolute atomic E-state index is 0.195. The SMILES string of the molecule is COC(C)(C)CNS(=O)(=O)c1cccc(N)c1C. The smallest absolute Gasteiger partial charge is 0.241 e. The first-order valence-electron chi connectivity index (χ1n) is 5.59. The molecule has 3 N–H and O–H groups in total. The molecule has 18 heavy (non-hydrogen) atoms. The quantitative estimate of drug-likeness (QED) is 0.791. The molecule has 0 aliphatic heterocycles. The molecule has 6 heteroatoms. The molecule has 0 bridgehead atoms. The van der Waals surface area contributed by atoms with Crippen LogP contribution in [-0.2, 0) is 14.8 Å². The second-order valence-electron chi connectivity index (χ2n) is 4.76. The van der Waals surface area contributed by atoms with Crippen LogP contribution in [0.4, 0.5) is 5.69 Å². The number of hydrogen-bond donors (Lipinski definition) is 2. The second kappa shape index (κ2) is 5.26. The lowest BCUT2D eigenvalue weighted by atomic mass is 10.1. The van der Waals surface area contributed by atoms with E-state index in [1.54, 1.807) is 26.2 Å². The van der Waals surface area contributed by atoms with Crippen molar-refractivity contribution in [3.8, 4) is 0 Å². The standard InChI is InChI=1S/C12H20N2O3S/c1-9-10(13)6-5-7-11(9)18(15,16)14-8-12(2,3)17-4/h5-7,14H,8,13H2,1-4H3. The summed E-state index contributed by atoms with van der Waals surface area (Å²) in [6.07, 6.45) is 0. The molecule has 1 aromatic carbocycles. The van der Waals surface area contributed by atoms with Crippen LogP contribution < -0.4 is 10.5 Å². The van der Waals surface area contributed by atoms with Gasteiger partial charge in [0.25, 0.3) is 0 Å². The Labute approximate surface area is 108 Å². The van der Waals surface area contributed by atoms with Crippen LogP contribution >= 0.6 is 0 Å². The van der Waals surface area contributed by atoms with Crippen molar-refractivity contribution in [3.63, 3.8) is 0 Å². The third-order valence-electron chi connectivity index (χ3n) is 2.86. The summed E-state index contributed by atoms with van der Waals surface area (Å²) in [6.45, 7) is 5.49. The summed E-state index contributed by atoms with van der Waals surface area (Å²) in [4.78, 5) is 0.203. The maximum absolute atomic E-state index is 12.1. The van der Waals surface area contributed by atoms with Gasteiger partial charge in [-0.2, -0.15) is 0 Å². The maximum Gasteiger partial charge on any atom is 0.241 e. The summed E-state index contributed by atoms with van der Waals surface area (Å²) in [6, 6.07) is 4.83. The minimum atomic E-state index is -3.57. The summed E-state index contributed by atoms with van der Waals surface area (Å²) >= 11 is 0. The van der Waals surface area contributed by atoms with Gasteiger partial charge in [-0.15, -0.1) is 0 Å². The van der Waals surface area contributed by atoms with Crippen LogP contribution in [0.15, 0.2) is 23.1 Å². The predicted octanol–water partition coefficient (Wildman–Crippen LogP) is 1.28. The maximum atomic E-state index is 12.1. The number of rotatable bonds is 5. The van der Waals surface area contributed by atoms with Crippen LogP contribution in [0.25, 0.3) is 0 Å². The number of methoxy groups -OCH3 is 1. The second-order valence-corrected chi connectivity index (χ2v) is 6.49. The monoisotopic (exact) mass is 272 g/mol. The molecule has 0 saturated heterocycles. The lowest BCUT2D eigenvalue weighted by molar-refractivity contribution is 0.0276. The Morgan fingerprint density at radius 1 is 1.39 bits per heavy atom. The average Bonchev–Trinajstić information content (AvgIpc) is 2.30. The summed E-state index contributed by atoms with van der Waals surface area (Å²) in [5, 5.41) is 0. The van der Waals surface area contributed by atoms with E-state index >= 15 is 0 Å². The molecule has 0 spiro atoms. The normalized spacial score (nSPS) is 12.7. The highest BCUT2D eigenvalue weighted by atomic mass is 32.2. The van der Waals surface area contributed by atoms with Crippen molar-refractivity contribution in [2.24, 2.45) is 0 Å². The molecular weight excluding hydrogens is 252 g/mol. The molecule has 5 nitrogen and oxygen atoms in total. The van der Waals surface area contributed by atoms with E-state index in [1.165, 1.54) is 6.07 Å². The first kappa shape index (κ1) is 14.9. The molecule has 0 fully saturated rings. The zero-order chi connectivity index (χ0) is 14.0. The Kier molecular flexibility index (Phi) is 4.37. The van der Waals surface area contributed by atoms with Crippen LogP contribution in [0.3, 0.4) is 0 Å². The lowest BCUT2D eigenvalue weighted by Crippen LogP contribution is -2.39. The molecule has 0 unspecified atom stereocenters. The van der Waals surface area contributed by atoms with Crippen LogP contribution in [0, 0.1) is 6.92 Å². The van der Waals surface area contributed by atoms with Gasteiger partial charge in [0, 0.05) is 19.3 Å². The molecule has 0 atom stereocenters. The van der Waals surface area contributed by atoms with E-state index in [2.05, 4.69) is 4.72 Å². The highest BCUT2D eigenvalue weighted by Gasteiger charge is 2.23. The molecule has 102 valence electrons. The van der Waals surface area contributed by atoms with E-state index in [-0.39, 0.29) is 11.4 Å². The molecule has 0 amide bonds. The third kappa shape index (κ3) is 3.44. The molecule has 0 aliphatic carbocycles. The van der Waals surface area contributed by atoms with E-state index in [4.69, 9.17) is 10.5 Å². The van der Waals surface area contributed by atoms with Gasteiger partial charge in [0.15, 0.2) is 0 Å². The number of anilines is 1. The molecule has 1 aromatic rings. The van der Waals surface area contributed by atoms with Crippen molar-refractivity contribution in [2.45, 2.75) is 31.3 Å². The predicted molar refractivity (Wildman–Crippen MR) is 71.9 cm³/mol. The molecule has 0 heterocycles. The van der Waals surface area contributed by atoms with Crippen molar-refractivity contribution in [1.82, 2.24) is 4.72 Å². The number of benzene rings is 1. The summed E-state index contributed by atoms with van der Waals surface area (Å²) in [5.74, 6) is 0. The minimum Gasteiger partial charge on any atom is -0.398 e. The molecule has 0 saturated carbocycles. The van der Waals surface area contributed by atoms with E-state index in [0.29, 0.717) is 11.3 Å². The molecular formula is C12H20N2O3S. The Hall–Kier alpha value is -1.11. The average molecular weight is 272 g/mol. The topological polar surface area (TPSA) is 81.4 Å². The zero-order valence-corrected chi connectivity index (χ0v) is 12.0. The van der Waals surface area contributed by atoms with Gasteiger partial charge >= 0.3 is 0 Å². The fourth-order valence-corrected chi connectivity index (χ4v) is 2.81. The Morgan fingerprint density at radius 3 is 2.56 bits per heavy atom.